The summed E-state index contributed by atoms with van der Waals surface area (Å²) in [6.45, 7) is 4.05. The van der Waals surface area contributed by atoms with E-state index < -0.39 is 12.1 Å². The summed E-state index contributed by atoms with van der Waals surface area (Å²) in [6.07, 6.45) is 0.272. The molecule has 1 aliphatic rings. The third-order valence-corrected chi connectivity index (χ3v) is 3.16. The van der Waals surface area contributed by atoms with Crippen molar-refractivity contribution in [3.05, 3.63) is 47.9 Å². The Morgan fingerprint density at radius 1 is 1.18 bits per heavy atom. The molecule has 1 aromatic rings. The standard InChI is InChI=1S/C16H19NO5/c1-11(13-6-4-3-5-7-13)17-15(18)12(2)22-16(19)14-10-20-8-9-21-14/h3-7,10-12H,8-9H2,1-2H3,(H,17,18)/t11-,12-/m1/s1. The molecule has 2 atom stereocenters. The van der Waals surface area contributed by atoms with Gasteiger partial charge in [0.25, 0.3) is 5.91 Å². The van der Waals surface area contributed by atoms with Crippen LogP contribution in [0.4, 0.5) is 0 Å². The molecule has 6 heteroatoms. The number of benzene rings is 1. The first-order valence-corrected chi connectivity index (χ1v) is 7.09. The maximum atomic E-state index is 12.1. The largest absolute Gasteiger partial charge is 0.493 e. The van der Waals surface area contributed by atoms with Gasteiger partial charge in [-0.2, -0.15) is 0 Å². The van der Waals surface area contributed by atoms with Gasteiger partial charge in [0.2, 0.25) is 5.76 Å². The molecule has 2 rings (SSSR count). The number of carbonyl (C=O) groups is 2. The normalized spacial score (nSPS) is 16.4. The number of ether oxygens (including phenoxy) is 3. The molecule has 0 saturated carbocycles. The maximum Gasteiger partial charge on any atom is 0.377 e. The van der Waals surface area contributed by atoms with Gasteiger partial charge in [-0.15, -0.1) is 0 Å². The molecule has 0 radical (unpaired) electrons. The summed E-state index contributed by atoms with van der Waals surface area (Å²) in [5.74, 6) is -1.11. The van der Waals surface area contributed by atoms with E-state index in [0.29, 0.717) is 6.61 Å². The molecule has 22 heavy (non-hydrogen) atoms. The number of esters is 1. The number of amides is 1. The second-order valence-corrected chi connectivity index (χ2v) is 4.89. The zero-order chi connectivity index (χ0) is 15.9. The second-order valence-electron chi connectivity index (χ2n) is 4.89. The molecule has 0 bridgehead atoms. The quantitative estimate of drug-likeness (QED) is 0.838. The average Bonchev–Trinajstić information content (AvgIpc) is 2.56. The number of carbonyl (C=O) groups excluding carboxylic acids is 2. The lowest BCUT2D eigenvalue weighted by Crippen LogP contribution is -2.37. The van der Waals surface area contributed by atoms with Crippen LogP contribution in [0.15, 0.2) is 42.4 Å². The minimum Gasteiger partial charge on any atom is -0.493 e. The van der Waals surface area contributed by atoms with Crippen LogP contribution in [0.1, 0.15) is 25.5 Å². The summed E-state index contributed by atoms with van der Waals surface area (Å²) in [7, 11) is 0. The summed E-state index contributed by atoms with van der Waals surface area (Å²) in [6, 6.07) is 9.35. The van der Waals surface area contributed by atoms with Gasteiger partial charge in [-0.3, -0.25) is 4.79 Å². The predicted octanol–water partition coefficient (Wildman–Crippen LogP) is 1.68. The van der Waals surface area contributed by atoms with Gasteiger partial charge >= 0.3 is 5.97 Å². The summed E-state index contributed by atoms with van der Waals surface area (Å²) in [5.41, 5.74) is 0.973. The molecule has 0 aliphatic carbocycles. The van der Waals surface area contributed by atoms with Gasteiger partial charge in [-0.05, 0) is 19.4 Å². The molecule has 1 amide bonds. The van der Waals surface area contributed by atoms with Gasteiger partial charge in [0.05, 0.1) is 6.04 Å². The Labute approximate surface area is 129 Å². The molecule has 0 spiro atoms. The van der Waals surface area contributed by atoms with Crippen molar-refractivity contribution in [1.82, 2.24) is 5.32 Å². The monoisotopic (exact) mass is 305 g/mol. The fraction of sp³-hybridized carbons (Fsp3) is 0.375. The van der Waals surface area contributed by atoms with E-state index in [1.54, 1.807) is 0 Å². The van der Waals surface area contributed by atoms with Crippen LogP contribution in [0.25, 0.3) is 0 Å². The molecule has 118 valence electrons. The molecule has 1 N–H and O–H groups in total. The maximum absolute atomic E-state index is 12.1. The van der Waals surface area contributed by atoms with Gasteiger partial charge in [0, 0.05) is 0 Å². The molecule has 0 saturated heterocycles. The fourth-order valence-electron chi connectivity index (χ4n) is 1.90. The Morgan fingerprint density at radius 2 is 1.91 bits per heavy atom. The van der Waals surface area contributed by atoms with Crippen LogP contribution in [0, 0.1) is 0 Å². The van der Waals surface area contributed by atoms with Crippen LogP contribution in [0.3, 0.4) is 0 Å². The number of nitrogens with one attached hydrogen (secondary N) is 1. The summed E-state index contributed by atoms with van der Waals surface area (Å²) in [4.78, 5) is 23.9. The van der Waals surface area contributed by atoms with Crippen LogP contribution in [0.5, 0.6) is 0 Å². The summed E-state index contributed by atoms with van der Waals surface area (Å²) < 4.78 is 15.1. The van der Waals surface area contributed by atoms with Crippen LogP contribution in [0.2, 0.25) is 0 Å². The molecular weight excluding hydrogens is 286 g/mol. The molecular formula is C16H19NO5. The van der Waals surface area contributed by atoms with Crippen LogP contribution >= 0.6 is 0 Å². The van der Waals surface area contributed by atoms with Crippen LogP contribution in [-0.4, -0.2) is 31.2 Å². The Bertz CT molecular complexity index is 555. The van der Waals surface area contributed by atoms with Crippen LogP contribution < -0.4 is 5.32 Å². The van der Waals surface area contributed by atoms with Crippen LogP contribution in [-0.2, 0) is 23.8 Å². The average molecular weight is 305 g/mol. The summed E-state index contributed by atoms with van der Waals surface area (Å²) >= 11 is 0. The smallest absolute Gasteiger partial charge is 0.377 e. The van der Waals surface area contributed by atoms with E-state index in [1.165, 1.54) is 13.2 Å². The van der Waals surface area contributed by atoms with E-state index in [2.05, 4.69) is 5.32 Å². The summed E-state index contributed by atoms with van der Waals surface area (Å²) in [5, 5.41) is 2.80. The topological polar surface area (TPSA) is 73.9 Å². The minimum atomic E-state index is -0.926. The van der Waals surface area contributed by atoms with Gasteiger partial charge in [0.15, 0.2) is 6.10 Å². The Hall–Kier alpha value is -2.50. The van der Waals surface area contributed by atoms with E-state index in [9.17, 15) is 9.59 Å². The van der Waals surface area contributed by atoms with E-state index in [-0.39, 0.29) is 24.3 Å². The zero-order valence-corrected chi connectivity index (χ0v) is 12.6. The van der Waals surface area contributed by atoms with Crippen molar-refractivity contribution in [2.75, 3.05) is 13.2 Å². The predicted molar refractivity (Wildman–Crippen MR) is 78.5 cm³/mol. The molecule has 1 aliphatic heterocycles. The molecule has 1 aromatic carbocycles. The van der Waals surface area contributed by atoms with Crippen molar-refractivity contribution in [1.29, 1.82) is 0 Å². The van der Waals surface area contributed by atoms with E-state index in [4.69, 9.17) is 14.2 Å². The third-order valence-electron chi connectivity index (χ3n) is 3.16. The number of hydrogen-bond donors (Lipinski definition) is 1. The lowest BCUT2D eigenvalue weighted by atomic mass is 10.1. The highest BCUT2D eigenvalue weighted by molar-refractivity contribution is 5.89. The highest BCUT2D eigenvalue weighted by Gasteiger charge is 2.24. The van der Waals surface area contributed by atoms with Gasteiger partial charge < -0.3 is 19.5 Å². The van der Waals surface area contributed by atoms with E-state index in [1.807, 2.05) is 37.3 Å². The SMILES string of the molecule is C[C@@H](OC(=O)C1=COCCO1)C(=O)N[C@H](C)c1ccccc1. The zero-order valence-electron chi connectivity index (χ0n) is 12.6. The van der Waals surface area contributed by atoms with E-state index >= 15 is 0 Å². The molecule has 0 unspecified atom stereocenters. The lowest BCUT2D eigenvalue weighted by molar-refractivity contribution is -0.155. The first-order valence-electron chi connectivity index (χ1n) is 7.09. The molecule has 6 nitrogen and oxygen atoms in total. The Balaban J connectivity index is 1.86. The number of hydrogen-bond acceptors (Lipinski definition) is 5. The van der Waals surface area contributed by atoms with Crippen molar-refractivity contribution in [3.8, 4) is 0 Å². The lowest BCUT2D eigenvalue weighted by Gasteiger charge is -2.19. The van der Waals surface area contributed by atoms with Gasteiger partial charge in [0.1, 0.15) is 19.5 Å². The molecule has 1 heterocycles. The van der Waals surface area contributed by atoms with Crippen molar-refractivity contribution < 1.29 is 23.8 Å². The second kappa shape index (κ2) is 7.49. The van der Waals surface area contributed by atoms with Crippen molar-refractivity contribution in [3.63, 3.8) is 0 Å². The van der Waals surface area contributed by atoms with Gasteiger partial charge in [-0.25, -0.2) is 4.79 Å². The highest BCUT2D eigenvalue weighted by atomic mass is 16.6. The number of rotatable bonds is 5. The van der Waals surface area contributed by atoms with Crippen molar-refractivity contribution >= 4 is 11.9 Å². The molecule has 0 fully saturated rings. The first-order chi connectivity index (χ1) is 10.6. The van der Waals surface area contributed by atoms with Crippen molar-refractivity contribution in [2.24, 2.45) is 0 Å². The third kappa shape index (κ3) is 4.25. The Morgan fingerprint density at radius 3 is 2.55 bits per heavy atom. The highest BCUT2D eigenvalue weighted by Crippen LogP contribution is 2.12. The molecule has 0 aromatic heterocycles. The minimum absolute atomic E-state index is 0.0259. The fourth-order valence-corrected chi connectivity index (χ4v) is 1.90. The first kappa shape index (κ1) is 15.9. The van der Waals surface area contributed by atoms with Gasteiger partial charge in [-0.1, -0.05) is 30.3 Å². The Kier molecular flexibility index (Phi) is 5.41. The van der Waals surface area contributed by atoms with Crippen molar-refractivity contribution in [2.45, 2.75) is 26.0 Å². The van der Waals surface area contributed by atoms with E-state index in [0.717, 1.165) is 5.56 Å².